The minimum absolute atomic E-state index is 0.0527. The van der Waals surface area contributed by atoms with Gasteiger partial charge < -0.3 is 20.4 Å². The molecule has 17 heavy (non-hydrogen) atoms. The van der Waals surface area contributed by atoms with Gasteiger partial charge >= 0.3 is 0 Å². The van der Waals surface area contributed by atoms with E-state index in [1.165, 1.54) is 0 Å². The zero-order chi connectivity index (χ0) is 13.3. The number of nitrogens with one attached hydrogen (secondary N) is 1. The molecule has 0 radical (unpaired) electrons. The molecule has 0 rings (SSSR count). The monoisotopic (exact) mass is 246 g/mol. The Morgan fingerprint density at radius 3 is 2.53 bits per heavy atom. The van der Waals surface area contributed by atoms with Gasteiger partial charge in [-0.2, -0.15) is 0 Å². The lowest BCUT2D eigenvalue weighted by atomic mass is 9.88. The molecule has 0 aromatic heterocycles. The molecule has 6 heteroatoms. The normalized spacial score (nSPS) is 12.6. The van der Waals surface area contributed by atoms with Crippen LogP contribution in [-0.2, 0) is 9.53 Å². The van der Waals surface area contributed by atoms with Crippen LogP contribution in [0.2, 0.25) is 0 Å². The van der Waals surface area contributed by atoms with Crippen LogP contribution in [0.4, 0.5) is 0 Å². The van der Waals surface area contributed by atoms with E-state index < -0.39 is 0 Å². The Morgan fingerprint density at radius 1 is 1.41 bits per heavy atom. The van der Waals surface area contributed by atoms with Crippen molar-refractivity contribution in [1.29, 1.82) is 0 Å². The number of carbonyl (C=O) groups is 1. The van der Waals surface area contributed by atoms with Crippen LogP contribution in [0.25, 0.3) is 0 Å². The van der Waals surface area contributed by atoms with Crippen LogP contribution >= 0.6 is 0 Å². The molecule has 0 fully saturated rings. The number of carbonyl (C=O) groups excluding carboxylic acids is 1. The molecule has 0 saturated heterocycles. The lowest BCUT2D eigenvalue weighted by Crippen LogP contribution is -2.30. The molecule has 0 aromatic rings. The zero-order valence-corrected chi connectivity index (χ0v) is 10.7. The quantitative estimate of drug-likeness (QED) is 0.262. The molecule has 0 aliphatic heterocycles. The van der Waals surface area contributed by atoms with Crippen LogP contribution in [-0.4, -0.2) is 48.3 Å². The van der Waals surface area contributed by atoms with Gasteiger partial charge in [0.15, 0.2) is 0 Å². The second-order valence-electron chi connectivity index (χ2n) is 4.67. The van der Waals surface area contributed by atoms with Crippen molar-refractivity contribution in [1.82, 2.24) is 5.32 Å². The first-order valence-electron chi connectivity index (χ1n) is 5.58. The van der Waals surface area contributed by atoms with Gasteiger partial charge in [0.05, 0.1) is 18.9 Å². The third-order valence-electron chi connectivity index (χ3n) is 2.14. The van der Waals surface area contributed by atoms with Crippen molar-refractivity contribution in [3.63, 3.8) is 0 Å². The molecule has 6 nitrogen and oxygen atoms in total. The molecule has 0 spiro atoms. The van der Waals surface area contributed by atoms with Gasteiger partial charge in [-0.1, -0.05) is 25.9 Å². The summed E-state index contributed by atoms with van der Waals surface area (Å²) in [6.45, 7) is 6.23. The third kappa shape index (κ3) is 7.70. The molecule has 100 valence electrons. The Bertz CT molecular complexity index is 259. The van der Waals surface area contributed by atoms with Crippen LogP contribution in [0.5, 0.6) is 0 Å². The van der Waals surface area contributed by atoms with Crippen molar-refractivity contribution in [2.75, 3.05) is 26.4 Å². The number of nitrogens with zero attached hydrogens (tertiary/aromatic N) is 1. The summed E-state index contributed by atoms with van der Waals surface area (Å²) in [5, 5.41) is 23.0. The van der Waals surface area contributed by atoms with Crippen molar-refractivity contribution in [2.45, 2.75) is 27.2 Å². The SMILES string of the molecule is CC(C)(C)/C(CCOCC(=O)NCCO)=N/O. The van der Waals surface area contributed by atoms with Crippen molar-refractivity contribution < 1.29 is 19.8 Å². The van der Waals surface area contributed by atoms with Crippen molar-refractivity contribution in [3.8, 4) is 0 Å². The highest BCUT2D eigenvalue weighted by Crippen LogP contribution is 2.18. The Balaban J connectivity index is 3.74. The number of hydrogen-bond donors (Lipinski definition) is 3. The Labute approximate surface area is 102 Å². The summed E-state index contributed by atoms with van der Waals surface area (Å²) in [5.74, 6) is -0.266. The van der Waals surface area contributed by atoms with E-state index in [0.717, 1.165) is 0 Å². The maximum absolute atomic E-state index is 11.1. The maximum Gasteiger partial charge on any atom is 0.246 e. The number of hydrogen-bond acceptors (Lipinski definition) is 5. The smallest absolute Gasteiger partial charge is 0.246 e. The van der Waals surface area contributed by atoms with Crippen LogP contribution < -0.4 is 5.32 Å². The Kier molecular flexibility index (Phi) is 7.49. The molecular formula is C11H22N2O4. The van der Waals surface area contributed by atoms with E-state index in [9.17, 15) is 4.79 Å². The van der Waals surface area contributed by atoms with Crippen molar-refractivity contribution >= 4 is 11.6 Å². The van der Waals surface area contributed by atoms with Crippen LogP contribution in [0.3, 0.4) is 0 Å². The van der Waals surface area contributed by atoms with Gasteiger partial charge in [0.1, 0.15) is 6.61 Å². The lowest BCUT2D eigenvalue weighted by molar-refractivity contribution is -0.125. The average molecular weight is 246 g/mol. The van der Waals surface area contributed by atoms with Crippen LogP contribution in [0, 0.1) is 5.41 Å². The number of aliphatic hydroxyl groups is 1. The first kappa shape index (κ1) is 15.9. The zero-order valence-electron chi connectivity index (χ0n) is 10.7. The van der Waals surface area contributed by atoms with E-state index in [1.54, 1.807) is 0 Å². The highest BCUT2D eigenvalue weighted by Gasteiger charge is 2.19. The highest BCUT2D eigenvalue weighted by molar-refractivity contribution is 5.88. The molecule has 3 N–H and O–H groups in total. The summed E-state index contributed by atoms with van der Waals surface area (Å²) in [5.41, 5.74) is 0.422. The summed E-state index contributed by atoms with van der Waals surface area (Å²) in [6.07, 6.45) is 0.479. The van der Waals surface area contributed by atoms with E-state index in [2.05, 4.69) is 10.5 Å². The Hall–Kier alpha value is -1.14. The average Bonchev–Trinajstić information content (AvgIpc) is 2.24. The number of ether oxygens (including phenoxy) is 1. The van der Waals surface area contributed by atoms with Gasteiger partial charge in [0, 0.05) is 18.4 Å². The van der Waals surface area contributed by atoms with Gasteiger partial charge in [0.2, 0.25) is 5.91 Å². The van der Waals surface area contributed by atoms with E-state index in [0.29, 0.717) is 18.7 Å². The van der Waals surface area contributed by atoms with Gasteiger partial charge in [-0.25, -0.2) is 0 Å². The number of oxime groups is 1. The van der Waals surface area contributed by atoms with E-state index in [-0.39, 0.29) is 31.1 Å². The molecule has 0 aliphatic rings. The standard InChI is InChI=1S/C11H22N2O4/c1-11(2,3)9(13-16)4-7-17-8-10(15)12-5-6-14/h14,16H,4-8H2,1-3H3,(H,12,15)/b13-9+. The first-order chi connectivity index (χ1) is 7.91. The van der Waals surface area contributed by atoms with Gasteiger partial charge in [-0.3, -0.25) is 4.79 Å². The molecule has 1 amide bonds. The van der Waals surface area contributed by atoms with Crippen LogP contribution in [0.15, 0.2) is 5.16 Å². The van der Waals surface area contributed by atoms with Crippen molar-refractivity contribution in [3.05, 3.63) is 0 Å². The van der Waals surface area contributed by atoms with Gasteiger partial charge in [-0.15, -0.1) is 0 Å². The number of amides is 1. The molecule has 0 bridgehead atoms. The second kappa shape index (κ2) is 8.03. The maximum atomic E-state index is 11.1. The fourth-order valence-corrected chi connectivity index (χ4v) is 1.16. The topological polar surface area (TPSA) is 91.2 Å². The molecule has 0 saturated carbocycles. The van der Waals surface area contributed by atoms with Crippen LogP contribution in [0.1, 0.15) is 27.2 Å². The molecular weight excluding hydrogens is 224 g/mol. The summed E-state index contributed by atoms with van der Waals surface area (Å²) >= 11 is 0. The lowest BCUT2D eigenvalue weighted by Gasteiger charge is -2.19. The highest BCUT2D eigenvalue weighted by atomic mass is 16.5. The minimum atomic E-state index is -0.266. The fraction of sp³-hybridized carbons (Fsp3) is 0.818. The Morgan fingerprint density at radius 2 is 2.06 bits per heavy atom. The van der Waals surface area contributed by atoms with Gasteiger partial charge in [-0.05, 0) is 0 Å². The predicted molar refractivity (Wildman–Crippen MR) is 64.2 cm³/mol. The molecule has 0 atom stereocenters. The minimum Gasteiger partial charge on any atom is -0.411 e. The van der Waals surface area contributed by atoms with E-state index >= 15 is 0 Å². The summed E-state index contributed by atoms with van der Waals surface area (Å²) in [4.78, 5) is 11.1. The molecule has 0 aromatic carbocycles. The van der Waals surface area contributed by atoms with E-state index in [4.69, 9.17) is 15.1 Å². The molecule has 0 unspecified atom stereocenters. The number of rotatable bonds is 7. The number of aliphatic hydroxyl groups excluding tert-OH is 1. The predicted octanol–water partition coefficient (Wildman–Crippen LogP) is 0.378. The molecule has 0 heterocycles. The largest absolute Gasteiger partial charge is 0.411 e. The van der Waals surface area contributed by atoms with Crippen molar-refractivity contribution in [2.24, 2.45) is 10.6 Å². The molecule has 0 aliphatic carbocycles. The summed E-state index contributed by atoms with van der Waals surface area (Å²) in [6, 6.07) is 0. The summed E-state index contributed by atoms with van der Waals surface area (Å²) < 4.78 is 5.13. The fourth-order valence-electron chi connectivity index (χ4n) is 1.16. The summed E-state index contributed by atoms with van der Waals surface area (Å²) in [7, 11) is 0. The van der Waals surface area contributed by atoms with E-state index in [1.807, 2.05) is 20.8 Å². The first-order valence-corrected chi connectivity index (χ1v) is 5.58. The van der Waals surface area contributed by atoms with Gasteiger partial charge in [0.25, 0.3) is 0 Å². The third-order valence-corrected chi connectivity index (χ3v) is 2.14. The second-order valence-corrected chi connectivity index (χ2v) is 4.67.